The van der Waals surface area contributed by atoms with Crippen molar-refractivity contribution in [1.29, 1.82) is 0 Å². The monoisotopic (exact) mass is 533 g/mol. The molecule has 0 radical (unpaired) electrons. The van der Waals surface area contributed by atoms with Gasteiger partial charge < -0.3 is 24.4 Å². The molecule has 0 aliphatic carbocycles. The lowest BCUT2D eigenvalue weighted by Gasteiger charge is -2.38. The third-order valence-electron chi connectivity index (χ3n) is 7.27. The number of nitrogens with zero attached hydrogens (tertiary/aromatic N) is 4. The van der Waals surface area contributed by atoms with Crippen molar-refractivity contribution < 1.29 is 18.7 Å². The third-order valence-corrected chi connectivity index (χ3v) is 7.51. The van der Waals surface area contributed by atoms with E-state index in [0.29, 0.717) is 42.8 Å². The third kappa shape index (κ3) is 5.99. The zero-order valence-electron chi connectivity index (χ0n) is 22.3. The molecule has 1 N–H and O–H groups in total. The summed E-state index contributed by atoms with van der Waals surface area (Å²) in [5.41, 5.74) is 0.616. The minimum absolute atomic E-state index is 0.0675. The van der Waals surface area contributed by atoms with Gasteiger partial charge in [0, 0.05) is 44.4 Å². The maximum absolute atomic E-state index is 14.9. The quantitative estimate of drug-likeness (QED) is 0.629. The van der Waals surface area contributed by atoms with Crippen LogP contribution in [0.3, 0.4) is 0 Å². The number of hydrogen-bond donors (Lipinski definition) is 1. The first-order chi connectivity index (χ1) is 17.5. The fourth-order valence-corrected chi connectivity index (χ4v) is 5.25. The Morgan fingerprint density at radius 3 is 2.62 bits per heavy atom. The lowest BCUT2D eigenvalue weighted by molar-refractivity contribution is -0.138. The SMILES string of the molecule is CN1CCCn2c(-c3cc(Cl)ccc3F)nc(C(=O)N[C@H](C(=O)N(C)C3CCOCC3)C(C)(C)C)c2C1. The van der Waals surface area contributed by atoms with Crippen LogP contribution >= 0.6 is 11.6 Å². The second-order valence-electron chi connectivity index (χ2n) is 11.2. The standard InChI is InChI=1S/C27H37ClFN5O3/c1-27(2,3)23(26(36)33(5)18-9-13-37-14-10-18)31-25(35)22-21-16-32(4)11-6-12-34(21)24(30-22)19-15-17(28)7-8-20(19)29/h7-8,15,18,23H,6,9-14,16H2,1-5H3,(H,31,35)/t23-/m1/s1. The van der Waals surface area contributed by atoms with Crippen molar-refractivity contribution in [3.8, 4) is 11.4 Å². The summed E-state index contributed by atoms with van der Waals surface area (Å²) >= 11 is 6.18. The molecule has 0 unspecified atom stereocenters. The molecule has 2 aromatic rings. The van der Waals surface area contributed by atoms with Gasteiger partial charge in [-0.25, -0.2) is 9.37 Å². The molecule has 1 aromatic carbocycles. The molecule has 37 heavy (non-hydrogen) atoms. The predicted molar refractivity (Wildman–Crippen MR) is 141 cm³/mol. The van der Waals surface area contributed by atoms with Gasteiger partial charge in [0.15, 0.2) is 5.69 Å². The van der Waals surface area contributed by atoms with Crippen LogP contribution in [0.1, 0.15) is 56.2 Å². The summed E-state index contributed by atoms with van der Waals surface area (Å²) in [5.74, 6) is -0.673. The second-order valence-corrected chi connectivity index (χ2v) is 11.6. The number of aromatic nitrogens is 2. The van der Waals surface area contributed by atoms with Gasteiger partial charge in [0.2, 0.25) is 5.91 Å². The molecule has 4 rings (SSSR count). The van der Waals surface area contributed by atoms with Crippen molar-refractivity contribution in [3.63, 3.8) is 0 Å². The van der Waals surface area contributed by atoms with Crippen LogP contribution in [0.15, 0.2) is 18.2 Å². The molecule has 2 aliphatic heterocycles. The Kier molecular flexibility index (Phi) is 8.26. The van der Waals surface area contributed by atoms with E-state index in [4.69, 9.17) is 16.3 Å². The Bertz CT molecular complexity index is 1160. The Balaban J connectivity index is 1.70. The lowest BCUT2D eigenvalue weighted by Crippen LogP contribution is -2.56. The van der Waals surface area contributed by atoms with Crippen LogP contribution in [-0.4, -0.2) is 77.1 Å². The van der Waals surface area contributed by atoms with Gasteiger partial charge in [0.1, 0.15) is 17.7 Å². The Labute approximate surface area is 223 Å². The van der Waals surface area contributed by atoms with E-state index >= 15 is 0 Å². The van der Waals surface area contributed by atoms with E-state index in [-0.39, 0.29) is 23.2 Å². The summed E-state index contributed by atoms with van der Waals surface area (Å²) < 4.78 is 22.2. The Morgan fingerprint density at radius 1 is 1.24 bits per heavy atom. The highest BCUT2D eigenvalue weighted by Gasteiger charge is 2.38. The average Bonchev–Trinajstić information content (AvgIpc) is 3.08. The summed E-state index contributed by atoms with van der Waals surface area (Å²) in [7, 11) is 3.77. The van der Waals surface area contributed by atoms with Gasteiger partial charge in [-0.2, -0.15) is 0 Å². The number of imidazole rings is 1. The zero-order chi connectivity index (χ0) is 26.9. The predicted octanol–water partition coefficient (Wildman–Crippen LogP) is 3.96. The van der Waals surface area contributed by atoms with E-state index in [1.807, 2.05) is 32.4 Å². The lowest BCUT2D eigenvalue weighted by atomic mass is 9.85. The smallest absolute Gasteiger partial charge is 0.272 e. The summed E-state index contributed by atoms with van der Waals surface area (Å²) in [5, 5.41) is 3.38. The molecule has 1 atom stereocenters. The van der Waals surface area contributed by atoms with Crippen molar-refractivity contribution in [2.45, 2.75) is 65.2 Å². The van der Waals surface area contributed by atoms with Crippen LogP contribution in [0, 0.1) is 11.2 Å². The zero-order valence-corrected chi connectivity index (χ0v) is 23.1. The summed E-state index contributed by atoms with van der Waals surface area (Å²) in [4.78, 5) is 35.9. The first-order valence-electron chi connectivity index (χ1n) is 12.9. The number of rotatable bonds is 5. The number of carbonyl (C=O) groups is 2. The molecule has 3 heterocycles. The number of hydrogen-bond acceptors (Lipinski definition) is 5. The number of benzene rings is 1. The normalized spacial score (nSPS) is 18.1. The number of carbonyl (C=O) groups excluding carboxylic acids is 2. The number of amides is 2. The van der Waals surface area contributed by atoms with Crippen molar-refractivity contribution in [2.24, 2.45) is 5.41 Å². The molecule has 1 fully saturated rings. The summed E-state index contributed by atoms with van der Waals surface area (Å²) in [6, 6.07) is 3.64. The molecule has 8 nitrogen and oxygen atoms in total. The van der Waals surface area contributed by atoms with Crippen LogP contribution in [-0.2, 0) is 22.6 Å². The van der Waals surface area contributed by atoms with Crippen molar-refractivity contribution in [3.05, 3.63) is 40.4 Å². The van der Waals surface area contributed by atoms with Crippen molar-refractivity contribution >= 4 is 23.4 Å². The molecule has 202 valence electrons. The highest BCUT2D eigenvalue weighted by atomic mass is 35.5. The van der Waals surface area contributed by atoms with E-state index in [0.717, 1.165) is 25.8 Å². The molecular weight excluding hydrogens is 497 g/mol. The minimum atomic E-state index is -0.764. The number of ether oxygens (including phenoxy) is 1. The van der Waals surface area contributed by atoms with Gasteiger partial charge >= 0.3 is 0 Å². The van der Waals surface area contributed by atoms with Crippen LogP contribution in [0.4, 0.5) is 4.39 Å². The van der Waals surface area contributed by atoms with Crippen LogP contribution in [0.5, 0.6) is 0 Å². The fourth-order valence-electron chi connectivity index (χ4n) is 5.08. The van der Waals surface area contributed by atoms with Gasteiger partial charge in [-0.15, -0.1) is 0 Å². The van der Waals surface area contributed by atoms with Gasteiger partial charge in [-0.05, 0) is 56.5 Å². The second kappa shape index (κ2) is 11.1. The maximum atomic E-state index is 14.9. The Hall–Kier alpha value is -2.49. The van der Waals surface area contributed by atoms with Crippen molar-refractivity contribution in [1.82, 2.24) is 24.7 Å². The van der Waals surface area contributed by atoms with Gasteiger partial charge in [-0.3, -0.25) is 9.59 Å². The first-order valence-corrected chi connectivity index (χ1v) is 13.2. The van der Waals surface area contributed by atoms with E-state index in [1.54, 1.807) is 11.9 Å². The van der Waals surface area contributed by atoms with Crippen LogP contribution in [0.25, 0.3) is 11.4 Å². The topological polar surface area (TPSA) is 79.7 Å². The molecular formula is C27H37ClFN5O3. The highest BCUT2D eigenvalue weighted by molar-refractivity contribution is 6.30. The van der Waals surface area contributed by atoms with E-state index in [9.17, 15) is 14.0 Å². The maximum Gasteiger partial charge on any atom is 0.272 e. The van der Waals surface area contributed by atoms with Gasteiger partial charge in [0.25, 0.3) is 5.91 Å². The largest absolute Gasteiger partial charge is 0.381 e. The van der Waals surface area contributed by atoms with Gasteiger partial charge in [-0.1, -0.05) is 32.4 Å². The molecule has 2 aliphatic rings. The molecule has 2 amide bonds. The first kappa shape index (κ1) is 27.5. The van der Waals surface area contributed by atoms with Crippen molar-refractivity contribution in [2.75, 3.05) is 33.9 Å². The number of fused-ring (bicyclic) bond motifs is 1. The van der Waals surface area contributed by atoms with E-state index < -0.39 is 23.2 Å². The number of nitrogens with one attached hydrogen (secondary N) is 1. The molecule has 0 saturated carbocycles. The summed E-state index contributed by atoms with van der Waals surface area (Å²) in [6.07, 6.45) is 2.36. The van der Waals surface area contributed by atoms with E-state index in [1.165, 1.54) is 18.2 Å². The fraction of sp³-hybridized carbons (Fsp3) is 0.593. The average molecular weight is 534 g/mol. The molecule has 10 heteroatoms. The van der Waals surface area contributed by atoms with Crippen LogP contribution < -0.4 is 5.32 Å². The molecule has 0 spiro atoms. The number of halogens is 2. The highest BCUT2D eigenvalue weighted by Crippen LogP contribution is 2.31. The minimum Gasteiger partial charge on any atom is -0.381 e. The van der Waals surface area contributed by atoms with E-state index in [2.05, 4.69) is 15.2 Å². The van der Waals surface area contributed by atoms with Gasteiger partial charge in [0.05, 0.1) is 11.3 Å². The molecule has 0 bridgehead atoms. The summed E-state index contributed by atoms with van der Waals surface area (Å²) in [6.45, 7) is 8.94. The Morgan fingerprint density at radius 2 is 1.95 bits per heavy atom. The number of likely N-dealkylation sites (N-methyl/N-ethyl adjacent to an activating group) is 1. The molecule has 1 aromatic heterocycles. The van der Waals surface area contributed by atoms with Crippen LogP contribution in [0.2, 0.25) is 5.02 Å². The molecule has 1 saturated heterocycles.